The second-order valence-corrected chi connectivity index (χ2v) is 6.96. The number of nitriles is 1. The molecule has 0 atom stereocenters. The van der Waals surface area contributed by atoms with Crippen molar-refractivity contribution in [2.45, 2.75) is 16.7 Å². The zero-order valence-corrected chi connectivity index (χ0v) is 13.2. The van der Waals surface area contributed by atoms with E-state index >= 15 is 0 Å². The lowest BCUT2D eigenvalue weighted by molar-refractivity contribution is 0.432. The largest absolute Gasteiger partial charge is 0.279 e. The molecular formula is C14H9F3N2O2S2. The van der Waals surface area contributed by atoms with Crippen molar-refractivity contribution in [1.82, 2.24) is 0 Å². The lowest BCUT2D eigenvalue weighted by Gasteiger charge is -2.12. The summed E-state index contributed by atoms with van der Waals surface area (Å²) in [5.74, 6) is -5.12. The van der Waals surface area contributed by atoms with Crippen LogP contribution in [0.1, 0.15) is 5.56 Å². The number of hydrogen-bond donors (Lipinski definition) is 1. The number of aryl methyl sites for hydroxylation is 1. The number of halogens is 3. The van der Waals surface area contributed by atoms with Crippen molar-refractivity contribution in [3.05, 3.63) is 53.3 Å². The van der Waals surface area contributed by atoms with Crippen LogP contribution in [0.4, 0.5) is 18.9 Å². The van der Waals surface area contributed by atoms with Gasteiger partial charge in [-0.3, -0.25) is 4.72 Å². The number of thiocyanates is 1. The SMILES string of the molecule is Cc1cc(SC#N)ccc1NS(=O)(=O)c1ccc(F)c(F)c1F. The van der Waals surface area contributed by atoms with E-state index in [9.17, 15) is 21.6 Å². The lowest BCUT2D eigenvalue weighted by atomic mass is 10.2. The third-order valence-corrected chi connectivity index (χ3v) is 4.86. The summed E-state index contributed by atoms with van der Waals surface area (Å²) in [5, 5.41) is 10.5. The van der Waals surface area contributed by atoms with E-state index in [-0.39, 0.29) is 5.69 Å². The first-order chi connectivity index (χ1) is 10.8. The van der Waals surface area contributed by atoms with Crippen LogP contribution in [0, 0.1) is 35.0 Å². The Bertz CT molecular complexity index is 909. The van der Waals surface area contributed by atoms with Gasteiger partial charge in [0.05, 0.1) is 5.69 Å². The Hall–Kier alpha value is -2.18. The monoisotopic (exact) mass is 358 g/mol. The van der Waals surface area contributed by atoms with E-state index in [1.807, 2.05) is 5.40 Å². The fraction of sp³-hybridized carbons (Fsp3) is 0.0714. The maximum absolute atomic E-state index is 13.7. The van der Waals surface area contributed by atoms with E-state index < -0.39 is 32.4 Å². The van der Waals surface area contributed by atoms with Crippen molar-refractivity contribution in [2.24, 2.45) is 0 Å². The van der Waals surface area contributed by atoms with Gasteiger partial charge >= 0.3 is 0 Å². The van der Waals surface area contributed by atoms with Crippen molar-refractivity contribution < 1.29 is 21.6 Å². The van der Waals surface area contributed by atoms with Crippen molar-refractivity contribution in [2.75, 3.05) is 4.72 Å². The van der Waals surface area contributed by atoms with Gasteiger partial charge in [-0.25, -0.2) is 21.6 Å². The van der Waals surface area contributed by atoms with E-state index in [4.69, 9.17) is 5.26 Å². The second kappa shape index (κ2) is 6.52. The van der Waals surface area contributed by atoms with Gasteiger partial charge in [0.15, 0.2) is 17.5 Å². The van der Waals surface area contributed by atoms with E-state index in [0.29, 0.717) is 22.6 Å². The first kappa shape index (κ1) is 17.2. The molecule has 120 valence electrons. The topological polar surface area (TPSA) is 70.0 Å². The summed E-state index contributed by atoms with van der Waals surface area (Å²) >= 11 is 0.896. The number of sulfonamides is 1. The van der Waals surface area contributed by atoms with Gasteiger partial charge in [0.25, 0.3) is 10.0 Å². The third-order valence-electron chi connectivity index (χ3n) is 2.89. The quantitative estimate of drug-likeness (QED) is 0.513. The van der Waals surface area contributed by atoms with Gasteiger partial charge < -0.3 is 0 Å². The van der Waals surface area contributed by atoms with Gasteiger partial charge in [-0.2, -0.15) is 5.26 Å². The minimum Gasteiger partial charge on any atom is -0.279 e. The third kappa shape index (κ3) is 3.60. The molecule has 9 heteroatoms. The number of rotatable bonds is 4. The smallest absolute Gasteiger partial charge is 0.264 e. The Morgan fingerprint density at radius 1 is 1.13 bits per heavy atom. The molecule has 0 bridgehead atoms. The van der Waals surface area contributed by atoms with Crippen LogP contribution in [0.2, 0.25) is 0 Å². The average Bonchev–Trinajstić information content (AvgIpc) is 2.47. The minimum absolute atomic E-state index is 0.136. The zero-order valence-electron chi connectivity index (χ0n) is 11.6. The molecule has 0 amide bonds. The Labute approximate surface area is 135 Å². The van der Waals surface area contributed by atoms with Crippen LogP contribution in [0.5, 0.6) is 0 Å². The fourth-order valence-corrected chi connectivity index (χ4v) is 3.46. The molecule has 0 saturated heterocycles. The van der Waals surface area contributed by atoms with Crippen molar-refractivity contribution in [1.29, 1.82) is 5.26 Å². The number of nitrogens with one attached hydrogen (secondary N) is 1. The fourth-order valence-electron chi connectivity index (χ4n) is 1.78. The summed E-state index contributed by atoms with van der Waals surface area (Å²) in [6.07, 6.45) is 0. The highest BCUT2D eigenvalue weighted by molar-refractivity contribution is 8.03. The predicted molar refractivity (Wildman–Crippen MR) is 79.8 cm³/mol. The molecule has 0 aliphatic carbocycles. The van der Waals surface area contributed by atoms with E-state index in [1.54, 1.807) is 13.0 Å². The highest BCUT2D eigenvalue weighted by atomic mass is 32.2. The Morgan fingerprint density at radius 3 is 2.43 bits per heavy atom. The molecule has 0 unspecified atom stereocenters. The molecule has 0 aliphatic rings. The maximum atomic E-state index is 13.7. The molecule has 0 heterocycles. The molecule has 0 fully saturated rings. The summed E-state index contributed by atoms with van der Waals surface area (Å²) in [6, 6.07) is 5.63. The molecule has 0 aromatic heterocycles. The summed E-state index contributed by atoms with van der Waals surface area (Å²) in [7, 11) is -4.43. The van der Waals surface area contributed by atoms with Gasteiger partial charge in [-0.1, -0.05) is 0 Å². The molecule has 23 heavy (non-hydrogen) atoms. The van der Waals surface area contributed by atoms with Gasteiger partial charge in [0, 0.05) is 4.90 Å². The summed E-state index contributed by atoms with van der Waals surface area (Å²) in [4.78, 5) is -0.391. The van der Waals surface area contributed by atoms with Crippen LogP contribution in [0.25, 0.3) is 0 Å². The van der Waals surface area contributed by atoms with Crippen molar-refractivity contribution >= 4 is 27.5 Å². The number of hydrogen-bond acceptors (Lipinski definition) is 4. The Kier molecular flexibility index (Phi) is 4.87. The molecule has 0 radical (unpaired) electrons. The van der Waals surface area contributed by atoms with Crippen LogP contribution < -0.4 is 4.72 Å². The van der Waals surface area contributed by atoms with Crippen LogP contribution in [-0.4, -0.2) is 8.42 Å². The number of benzene rings is 2. The Morgan fingerprint density at radius 2 is 1.83 bits per heavy atom. The van der Waals surface area contributed by atoms with Gasteiger partial charge in [0.1, 0.15) is 10.3 Å². The zero-order chi connectivity index (χ0) is 17.2. The highest BCUT2D eigenvalue weighted by Crippen LogP contribution is 2.27. The molecule has 0 saturated carbocycles. The first-order valence-corrected chi connectivity index (χ1v) is 8.39. The summed E-state index contributed by atoms with van der Waals surface area (Å²) < 4.78 is 66.2. The first-order valence-electron chi connectivity index (χ1n) is 6.09. The predicted octanol–water partition coefficient (Wildman–Crippen LogP) is 3.79. The molecule has 2 aromatic carbocycles. The molecule has 2 aromatic rings. The second-order valence-electron chi connectivity index (χ2n) is 4.45. The normalized spacial score (nSPS) is 11.1. The minimum atomic E-state index is -4.43. The molecule has 0 spiro atoms. The Balaban J connectivity index is 2.40. The number of anilines is 1. The molecule has 4 nitrogen and oxygen atoms in total. The maximum Gasteiger partial charge on any atom is 0.264 e. The number of nitrogens with zero attached hydrogens (tertiary/aromatic N) is 1. The van der Waals surface area contributed by atoms with Crippen LogP contribution in [0.3, 0.4) is 0 Å². The van der Waals surface area contributed by atoms with E-state index in [0.717, 1.165) is 11.8 Å². The van der Waals surface area contributed by atoms with Crippen molar-refractivity contribution in [3.63, 3.8) is 0 Å². The molecule has 0 aliphatic heterocycles. The molecular weight excluding hydrogens is 349 g/mol. The summed E-state index contributed by atoms with van der Waals surface area (Å²) in [6.45, 7) is 1.58. The highest BCUT2D eigenvalue weighted by Gasteiger charge is 2.24. The number of thioether (sulfide) groups is 1. The van der Waals surface area contributed by atoms with Crippen LogP contribution in [0.15, 0.2) is 40.1 Å². The molecule has 1 N–H and O–H groups in total. The van der Waals surface area contributed by atoms with Gasteiger partial charge in [-0.15, -0.1) is 0 Å². The summed E-state index contributed by atoms with van der Waals surface area (Å²) in [5.41, 5.74) is 0.619. The van der Waals surface area contributed by atoms with E-state index in [2.05, 4.69) is 4.72 Å². The van der Waals surface area contributed by atoms with Crippen LogP contribution >= 0.6 is 11.8 Å². The van der Waals surface area contributed by atoms with Crippen molar-refractivity contribution in [3.8, 4) is 5.40 Å². The average molecular weight is 358 g/mol. The standard InChI is InChI=1S/C14H9F3N2O2S2/c1-8-6-9(22-7-18)2-4-11(8)19-23(20,21)12-5-3-10(15)13(16)14(12)17/h2-6,19H,1H3. The van der Waals surface area contributed by atoms with Crippen LogP contribution in [-0.2, 0) is 10.0 Å². The van der Waals surface area contributed by atoms with Gasteiger partial charge in [0.2, 0.25) is 0 Å². The van der Waals surface area contributed by atoms with E-state index in [1.165, 1.54) is 12.1 Å². The lowest BCUT2D eigenvalue weighted by Crippen LogP contribution is -2.16. The molecule has 2 rings (SSSR count). The van der Waals surface area contributed by atoms with Gasteiger partial charge in [-0.05, 0) is 54.6 Å².